The van der Waals surface area contributed by atoms with Crippen LogP contribution in [0.3, 0.4) is 0 Å². The fourth-order valence-electron chi connectivity index (χ4n) is 3.81. The number of ether oxygens (including phenoxy) is 2. The van der Waals surface area contributed by atoms with Gasteiger partial charge in [-0.2, -0.15) is 0 Å². The number of piperidine rings is 1. The van der Waals surface area contributed by atoms with Crippen LogP contribution in [0.15, 0.2) is 29.7 Å². The molecule has 1 unspecified atom stereocenters. The normalized spacial score (nSPS) is 17.5. The number of hydrogen-bond donors (Lipinski definition) is 0. The Hall–Kier alpha value is -2.75. The molecule has 0 bridgehead atoms. The van der Waals surface area contributed by atoms with Gasteiger partial charge in [-0.25, -0.2) is 19.7 Å². The molecule has 0 aromatic carbocycles. The smallest absolute Gasteiger partial charge is 0.410 e. The summed E-state index contributed by atoms with van der Waals surface area (Å²) in [6, 6.07) is 3.69. The van der Waals surface area contributed by atoms with Gasteiger partial charge in [0, 0.05) is 38.7 Å². The zero-order chi connectivity index (χ0) is 22.0. The summed E-state index contributed by atoms with van der Waals surface area (Å²) in [6.07, 6.45) is 6.70. The number of anilines is 2. The maximum absolute atomic E-state index is 12.1. The second-order valence-electron chi connectivity index (χ2n) is 7.93. The highest BCUT2D eigenvalue weighted by Gasteiger charge is 2.30. The Bertz CT molecular complexity index is 961. The summed E-state index contributed by atoms with van der Waals surface area (Å²) in [6.45, 7) is 5.66. The van der Waals surface area contributed by atoms with Crippen molar-refractivity contribution in [2.75, 3.05) is 30.8 Å². The minimum absolute atomic E-state index is 0.00312. The van der Waals surface area contributed by atoms with Crippen molar-refractivity contribution in [1.29, 1.82) is 0 Å². The number of hydrogen-bond acceptors (Lipinski definition) is 8. The first kappa shape index (κ1) is 21.5. The Morgan fingerprint density at radius 2 is 1.94 bits per heavy atom. The number of amides is 1. The Labute approximate surface area is 184 Å². The number of pyridine rings is 1. The molecule has 2 aliphatic rings. The minimum atomic E-state index is -1.11. The second-order valence-corrected chi connectivity index (χ2v) is 9.25. The Balaban J connectivity index is 1.42. The van der Waals surface area contributed by atoms with Crippen molar-refractivity contribution >= 4 is 28.4 Å². The van der Waals surface area contributed by atoms with E-state index < -0.39 is 10.8 Å². The molecule has 1 atom stereocenters. The first-order chi connectivity index (χ1) is 14.9. The van der Waals surface area contributed by atoms with Gasteiger partial charge < -0.3 is 19.3 Å². The van der Waals surface area contributed by atoms with Gasteiger partial charge in [-0.15, -0.1) is 0 Å². The monoisotopic (exact) mass is 445 g/mol. The van der Waals surface area contributed by atoms with Gasteiger partial charge >= 0.3 is 6.09 Å². The summed E-state index contributed by atoms with van der Waals surface area (Å²) in [5.74, 6) is 1.42. The fraction of sp³-hybridized carbons (Fsp3) is 0.524. The van der Waals surface area contributed by atoms with Gasteiger partial charge in [-0.3, -0.25) is 4.21 Å². The number of carbonyl (C=O) groups excluding carboxylic acids is 1. The lowest BCUT2D eigenvalue weighted by atomic mass is 10.1. The van der Waals surface area contributed by atoms with Crippen molar-refractivity contribution in [2.45, 2.75) is 50.3 Å². The summed E-state index contributed by atoms with van der Waals surface area (Å²) in [7, 11) is -1.11. The SMILES string of the molecule is CC(C)OC(=O)N1CCC(Oc2ncnc3c2CCN3c2ccc(S(C)=O)nc2)CC1. The molecule has 9 nitrogen and oxygen atoms in total. The number of carbonyl (C=O) groups is 1. The van der Waals surface area contributed by atoms with E-state index in [1.54, 1.807) is 23.4 Å². The topological polar surface area (TPSA) is 97.7 Å². The highest BCUT2D eigenvalue weighted by atomic mass is 32.2. The van der Waals surface area contributed by atoms with E-state index in [9.17, 15) is 9.00 Å². The lowest BCUT2D eigenvalue weighted by Gasteiger charge is -2.32. The minimum Gasteiger partial charge on any atom is -0.474 e. The zero-order valence-electron chi connectivity index (χ0n) is 18.0. The van der Waals surface area contributed by atoms with Crippen LogP contribution in [0, 0.1) is 0 Å². The molecule has 0 radical (unpaired) electrons. The first-order valence-corrected chi connectivity index (χ1v) is 12.0. The molecular formula is C21H27N5O4S. The van der Waals surface area contributed by atoms with E-state index in [1.807, 2.05) is 19.9 Å². The molecule has 1 saturated heterocycles. The van der Waals surface area contributed by atoms with Crippen LogP contribution in [-0.2, 0) is 22.0 Å². The molecule has 4 rings (SSSR count). The maximum Gasteiger partial charge on any atom is 0.410 e. The third-order valence-corrected chi connectivity index (χ3v) is 6.20. The fourth-order valence-corrected chi connectivity index (χ4v) is 4.27. The van der Waals surface area contributed by atoms with E-state index >= 15 is 0 Å². The molecule has 1 amide bonds. The van der Waals surface area contributed by atoms with E-state index in [4.69, 9.17) is 9.47 Å². The van der Waals surface area contributed by atoms with E-state index in [1.165, 1.54) is 6.33 Å². The van der Waals surface area contributed by atoms with E-state index in [2.05, 4.69) is 19.9 Å². The molecule has 2 aromatic rings. The molecule has 0 aliphatic carbocycles. The number of rotatable bonds is 5. The summed E-state index contributed by atoms with van der Waals surface area (Å²) < 4.78 is 23.1. The summed E-state index contributed by atoms with van der Waals surface area (Å²) in [5, 5.41) is 0.554. The number of likely N-dealkylation sites (tertiary alicyclic amines) is 1. The molecule has 2 aromatic heterocycles. The highest BCUT2D eigenvalue weighted by molar-refractivity contribution is 7.84. The van der Waals surface area contributed by atoms with Crippen molar-refractivity contribution in [2.24, 2.45) is 0 Å². The zero-order valence-corrected chi connectivity index (χ0v) is 18.8. The van der Waals surface area contributed by atoms with Crippen LogP contribution in [0.1, 0.15) is 32.3 Å². The Morgan fingerprint density at radius 1 is 1.16 bits per heavy atom. The first-order valence-electron chi connectivity index (χ1n) is 10.5. The maximum atomic E-state index is 12.1. The average Bonchev–Trinajstić information content (AvgIpc) is 3.19. The lowest BCUT2D eigenvalue weighted by Crippen LogP contribution is -2.42. The highest BCUT2D eigenvalue weighted by Crippen LogP contribution is 2.37. The van der Waals surface area contributed by atoms with Crippen molar-refractivity contribution in [3.05, 3.63) is 30.2 Å². The van der Waals surface area contributed by atoms with Crippen LogP contribution in [0.25, 0.3) is 0 Å². The molecule has 1 fully saturated rings. The molecule has 0 N–H and O–H groups in total. The van der Waals surface area contributed by atoms with Crippen LogP contribution < -0.4 is 9.64 Å². The average molecular weight is 446 g/mol. The summed E-state index contributed by atoms with van der Waals surface area (Å²) >= 11 is 0. The molecular weight excluding hydrogens is 418 g/mol. The Kier molecular flexibility index (Phi) is 6.35. The molecule has 4 heterocycles. The number of nitrogens with zero attached hydrogens (tertiary/aromatic N) is 5. The van der Waals surface area contributed by atoms with Crippen molar-refractivity contribution in [1.82, 2.24) is 19.9 Å². The molecule has 166 valence electrons. The summed E-state index contributed by atoms with van der Waals surface area (Å²) in [5.41, 5.74) is 1.88. The van der Waals surface area contributed by atoms with Crippen LogP contribution in [0.5, 0.6) is 5.88 Å². The predicted molar refractivity (Wildman–Crippen MR) is 116 cm³/mol. The quantitative estimate of drug-likeness (QED) is 0.693. The van der Waals surface area contributed by atoms with Gasteiger partial charge in [0.05, 0.1) is 34.4 Å². The second kappa shape index (κ2) is 9.17. The van der Waals surface area contributed by atoms with Gasteiger partial charge in [0.15, 0.2) is 0 Å². The van der Waals surface area contributed by atoms with Crippen LogP contribution in [0.4, 0.5) is 16.3 Å². The van der Waals surface area contributed by atoms with Crippen LogP contribution in [-0.4, -0.2) is 68.3 Å². The standard InChI is InChI=1S/C21H27N5O4S/c1-14(2)29-21(27)25-9-6-16(7-10-25)30-20-17-8-11-26(19(17)23-13-24-20)15-4-5-18(22-12-15)31(3)28/h4-5,12-14,16H,6-11H2,1-3H3. The van der Waals surface area contributed by atoms with Gasteiger partial charge in [0.25, 0.3) is 0 Å². The van der Waals surface area contributed by atoms with E-state index in [0.29, 0.717) is 24.0 Å². The largest absolute Gasteiger partial charge is 0.474 e. The van der Waals surface area contributed by atoms with Crippen LogP contribution >= 0.6 is 0 Å². The molecule has 10 heteroatoms. The number of aromatic nitrogens is 3. The third-order valence-electron chi connectivity index (χ3n) is 5.37. The van der Waals surface area contributed by atoms with Gasteiger partial charge in [0.2, 0.25) is 5.88 Å². The molecule has 0 saturated carbocycles. The van der Waals surface area contributed by atoms with Crippen molar-refractivity contribution in [3.63, 3.8) is 0 Å². The molecule has 31 heavy (non-hydrogen) atoms. The van der Waals surface area contributed by atoms with Gasteiger partial charge in [0.1, 0.15) is 23.3 Å². The third kappa shape index (κ3) is 4.79. The summed E-state index contributed by atoms with van der Waals surface area (Å²) in [4.78, 5) is 29.0. The predicted octanol–water partition coefficient (Wildman–Crippen LogP) is 2.69. The molecule has 0 spiro atoms. The van der Waals surface area contributed by atoms with Gasteiger partial charge in [-0.1, -0.05) is 0 Å². The van der Waals surface area contributed by atoms with Crippen molar-refractivity contribution < 1.29 is 18.5 Å². The van der Waals surface area contributed by atoms with Crippen LogP contribution in [0.2, 0.25) is 0 Å². The lowest BCUT2D eigenvalue weighted by molar-refractivity contribution is 0.0505. The van der Waals surface area contributed by atoms with Gasteiger partial charge in [-0.05, 0) is 32.4 Å². The molecule has 2 aliphatic heterocycles. The van der Waals surface area contributed by atoms with E-state index in [0.717, 1.165) is 42.9 Å². The Morgan fingerprint density at radius 3 is 2.58 bits per heavy atom. The van der Waals surface area contributed by atoms with Crippen molar-refractivity contribution in [3.8, 4) is 5.88 Å². The number of fused-ring (bicyclic) bond motifs is 1. The van der Waals surface area contributed by atoms with E-state index in [-0.39, 0.29) is 18.3 Å².